The number of carboxylic acids is 4. The molecule has 0 heterocycles. The van der Waals surface area contributed by atoms with E-state index in [0.717, 1.165) is 0 Å². The van der Waals surface area contributed by atoms with Gasteiger partial charge in [-0.3, -0.25) is 0 Å². The van der Waals surface area contributed by atoms with Crippen molar-refractivity contribution < 1.29 is 60.0 Å². The van der Waals surface area contributed by atoms with Crippen molar-refractivity contribution in [2.75, 3.05) is 0 Å². The third kappa shape index (κ3) is 5.25. The SMILES string of the molecule is O=C(O)C(O)Cc1c(CC(O)C(=O)O)c2ccc3cccc4cc(CC(O)C(=O)O)c(c1CC(O)C(=O)O)c2c34. The number of carbonyl (C=O) groups is 4. The number of rotatable bonds is 12. The second-order valence-corrected chi connectivity index (χ2v) is 9.65. The van der Waals surface area contributed by atoms with Crippen molar-refractivity contribution in [3.8, 4) is 0 Å². The average molecular weight is 555 g/mol. The second kappa shape index (κ2) is 11.0. The summed E-state index contributed by atoms with van der Waals surface area (Å²) in [6, 6.07) is 10.2. The maximum atomic E-state index is 11.7. The number of hydrogen-bond donors (Lipinski definition) is 8. The van der Waals surface area contributed by atoms with Crippen LogP contribution in [-0.4, -0.2) is 89.1 Å². The Kier molecular flexibility index (Phi) is 7.89. The summed E-state index contributed by atoms with van der Waals surface area (Å²) in [6.45, 7) is 0. The molecule has 40 heavy (non-hydrogen) atoms. The van der Waals surface area contributed by atoms with Crippen molar-refractivity contribution in [2.45, 2.75) is 50.1 Å². The van der Waals surface area contributed by atoms with E-state index >= 15 is 0 Å². The van der Waals surface area contributed by atoms with E-state index in [0.29, 0.717) is 26.9 Å². The first kappa shape index (κ1) is 28.6. The van der Waals surface area contributed by atoms with Crippen molar-refractivity contribution in [1.82, 2.24) is 0 Å². The molecule has 0 bridgehead atoms. The van der Waals surface area contributed by atoms with Gasteiger partial charge in [0.25, 0.3) is 0 Å². The highest BCUT2D eigenvalue weighted by atomic mass is 16.4. The van der Waals surface area contributed by atoms with E-state index in [9.17, 15) is 60.0 Å². The van der Waals surface area contributed by atoms with Gasteiger partial charge in [0.1, 0.15) is 0 Å². The fourth-order valence-electron chi connectivity index (χ4n) is 5.30. The van der Waals surface area contributed by atoms with Gasteiger partial charge >= 0.3 is 23.9 Å². The van der Waals surface area contributed by atoms with Crippen LogP contribution in [0.2, 0.25) is 0 Å². The van der Waals surface area contributed by atoms with Crippen LogP contribution >= 0.6 is 0 Å². The first-order chi connectivity index (χ1) is 18.8. The van der Waals surface area contributed by atoms with Crippen molar-refractivity contribution in [2.24, 2.45) is 0 Å². The van der Waals surface area contributed by atoms with Gasteiger partial charge in [0, 0.05) is 25.7 Å². The van der Waals surface area contributed by atoms with Crippen LogP contribution in [0.15, 0.2) is 36.4 Å². The normalized spacial score (nSPS) is 14.8. The monoisotopic (exact) mass is 554 g/mol. The summed E-state index contributed by atoms with van der Waals surface area (Å²) in [5, 5.41) is 82.1. The molecule has 4 aromatic rings. The van der Waals surface area contributed by atoms with Gasteiger partial charge in [-0.25, -0.2) is 19.2 Å². The summed E-state index contributed by atoms with van der Waals surface area (Å²) < 4.78 is 0. The van der Waals surface area contributed by atoms with Gasteiger partial charge in [-0.15, -0.1) is 0 Å². The van der Waals surface area contributed by atoms with Crippen molar-refractivity contribution in [3.05, 3.63) is 58.7 Å². The minimum Gasteiger partial charge on any atom is -0.479 e. The molecule has 0 aliphatic heterocycles. The van der Waals surface area contributed by atoms with Gasteiger partial charge in [0.15, 0.2) is 24.4 Å². The van der Waals surface area contributed by atoms with Crippen LogP contribution in [0.25, 0.3) is 32.3 Å². The first-order valence-corrected chi connectivity index (χ1v) is 12.2. The van der Waals surface area contributed by atoms with Gasteiger partial charge in [-0.05, 0) is 54.6 Å². The van der Waals surface area contributed by atoms with Gasteiger partial charge < -0.3 is 40.9 Å². The smallest absolute Gasteiger partial charge is 0.332 e. The van der Waals surface area contributed by atoms with Crippen LogP contribution in [0.4, 0.5) is 0 Å². The average Bonchev–Trinajstić information content (AvgIpc) is 2.89. The van der Waals surface area contributed by atoms with Crippen LogP contribution in [0.5, 0.6) is 0 Å². The van der Waals surface area contributed by atoms with E-state index in [-0.39, 0.29) is 27.6 Å². The lowest BCUT2D eigenvalue weighted by molar-refractivity contribution is -0.147. The minimum absolute atomic E-state index is 0.00699. The molecule has 4 aromatic carbocycles. The van der Waals surface area contributed by atoms with E-state index in [1.54, 1.807) is 36.4 Å². The lowest BCUT2D eigenvalue weighted by Gasteiger charge is -2.26. The Balaban J connectivity index is 2.24. The molecule has 0 aliphatic carbocycles. The van der Waals surface area contributed by atoms with Crippen LogP contribution < -0.4 is 0 Å². The Morgan fingerprint density at radius 2 is 1.00 bits per heavy atom. The van der Waals surface area contributed by atoms with Crippen LogP contribution in [0, 0.1) is 0 Å². The molecule has 12 heteroatoms. The number of carboxylic acid groups (broad SMARTS) is 4. The van der Waals surface area contributed by atoms with E-state index in [1.165, 1.54) is 0 Å². The number of benzene rings is 4. The third-order valence-corrected chi connectivity index (χ3v) is 7.08. The zero-order valence-electron chi connectivity index (χ0n) is 20.8. The summed E-state index contributed by atoms with van der Waals surface area (Å²) in [6.07, 6.45) is -10.1. The van der Waals surface area contributed by atoms with E-state index in [1.807, 2.05) is 0 Å². The largest absolute Gasteiger partial charge is 0.479 e. The Bertz CT molecular complexity index is 1640. The van der Waals surface area contributed by atoms with Crippen molar-refractivity contribution in [1.29, 1.82) is 0 Å². The molecule has 4 rings (SSSR count). The summed E-state index contributed by atoms with van der Waals surface area (Å²) in [7, 11) is 0. The molecule has 0 fully saturated rings. The molecule has 0 aromatic heterocycles. The van der Waals surface area contributed by atoms with Gasteiger partial charge in [-0.1, -0.05) is 36.4 Å². The zero-order valence-corrected chi connectivity index (χ0v) is 20.8. The van der Waals surface area contributed by atoms with Crippen LogP contribution in [0.1, 0.15) is 22.3 Å². The van der Waals surface area contributed by atoms with Gasteiger partial charge in [0.2, 0.25) is 0 Å². The summed E-state index contributed by atoms with van der Waals surface area (Å²) in [5.74, 6) is -6.34. The van der Waals surface area contributed by atoms with Crippen molar-refractivity contribution >= 4 is 56.2 Å². The van der Waals surface area contributed by atoms with Gasteiger partial charge in [0.05, 0.1) is 0 Å². The standard InChI is InChI=1S/C28H26O12/c29-18(25(33)34)7-13-6-12-3-1-2-11-4-5-14-15(8-19(30)26(35)36)16(9-20(31)27(37)38)17(10-21(32)28(39)40)23(13)24(14)22(11)12/h1-6,18-21,29-32H,7-10H2,(H,33,34)(H,35,36)(H,37,38)(H,39,40). The number of aliphatic hydroxyl groups is 4. The third-order valence-electron chi connectivity index (χ3n) is 7.08. The molecule has 210 valence electrons. The van der Waals surface area contributed by atoms with Crippen LogP contribution in [-0.2, 0) is 44.9 Å². The number of aliphatic hydroxyl groups excluding tert-OH is 4. The minimum atomic E-state index is -2.03. The maximum absolute atomic E-state index is 11.7. The molecule has 0 amide bonds. The van der Waals surface area contributed by atoms with E-state index < -0.39 is 74.0 Å². The number of hydrogen-bond acceptors (Lipinski definition) is 8. The first-order valence-electron chi connectivity index (χ1n) is 12.2. The molecule has 4 atom stereocenters. The van der Waals surface area contributed by atoms with E-state index in [4.69, 9.17) is 0 Å². The quantitative estimate of drug-likeness (QED) is 0.112. The molecule has 4 unspecified atom stereocenters. The molecule has 8 N–H and O–H groups in total. The highest BCUT2D eigenvalue weighted by Crippen LogP contribution is 2.43. The fraction of sp³-hybridized carbons (Fsp3) is 0.286. The second-order valence-electron chi connectivity index (χ2n) is 9.65. The molecule has 0 spiro atoms. The Morgan fingerprint density at radius 3 is 1.55 bits per heavy atom. The topological polar surface area (TPSA) is 230 Å². The molecule has 0 saturated heterocycles. The summed E-state index contributed by atoms with van der Waals surface area (Å²) >= 11 is 0. The van der Waals surface area contributed by atoms with Crippen molar-refractivity contribution in [3.63, 3.8) is 0 Å². The predicted molar refractivity (Wildman–Crippen MR) is 140 cm³/mol. The maximum Gasteiger partial charge on any atom is 0.332 e. The molecule has 0 radical (unpaired) electrons. The van der Waals surface area contributed by atoms with Crippen LogP contribution in [0.3, 0.4) is 0 Å². The fourth-order valence-corrected chi connectivity index (χ4v) is 5.30. The lowest BCUT2D eigenvalue weighted by Crippen LogP contribution is -2.29. The molecule has 12 nitrogen and oxygen atoms in total. The Morgan fingerprint density at radius 1 is 0.525 bits per heavy atom. The molecule has 0 aliphatic rings. The van der Waals surface area contributed by atoms with E-state index in [2.05, 4.69) is 0 Å². The molecular weight excluding hydrogens is 528 g/mol. The zero-order chi connectivity index (χ0) is 29.5. The molecular formula is C28H26O12. The Labute approximate surface area is 225 Å². The van der Waals surface area contributed by atoms with Gasteiger partial charge in [-0.2, -0.15) is 0 Å². The number of aliphatic carboxylic acids is 4. The lowest BCUT2D eigenvalue weighted by atomic mass is 9.79. The summed E-state index contributed by atoms with van der Waals surface area (Å²) in [5.41, 5.74) is 0.391. The highest BCUT2D eigenvalue weighted by molar-refractivity contribution is 6.25. The summed E-state index contributed by atoms with van der Waals surface area (Å²) in [4.78, 5) is 46.5. The Hall–Kier alpha value is -4.36. The predicted octanol–water partition coefficient (Wildman–Crippen LogP) is 0.536. The molecule has 0 saturated carbocycles. The highest BCUT2D eigenvalue weighted by Gasteiger charge is 2.30.